The maximum absolute atomic E-state index is 6.30. The Bertz CT molecular complexity index is 916. The molecule has 1 fully saturated rings. The van der Waals surface area contributed by atoms with Crippen molar-refractivity contribution in [2.45, 2.75) is 38.3 Å². The van der Waals surface area contributed by atoms with E-state index in [0.29, 0.717) is 6.04 Å². The van der Waals surface area contributed by atoms with Gasteiger partial charge in [0, 0.05) is 42.8 Å². The summed E-state index contributed by atoms with van der Waals surface area (Å²) in [5.41, 5.74) is 5.48. The maximum Gasteiger partial charge on any atom is 0.140 e. The fourth-order valence-corrected chi connectivity index (χ4v) is 4.87. The van der Waals surface area contributed by atoms with Crippen LogP contribution in [0.25, 0.3) is 11.0 Å². The molecule has 2 aliphatic rings. The molecule has 0 spiro atoms. The standard InChI is InChI=1S/C21H22ClN3/c22-16-13-17-20-18-7-4-10-24(18)11-9-19(20)25(21(17)23-14-16)12-8-15-5-2-1-3-6-15/h1-3,5-6,13-14,18H,4,7-12H2. The summed E-state index contributed by atoms with van der Waals surface area (Å²) < 4.78 is 2.46. The van der Waals surface area contributed by atoms with E-state index in [0.717, 1.165) is 30.1 Å². The van der Waals surface area contributed by atoms with Crippen LogP contribution in [0.3, 0.4) is 0 Å². The number of aryl methyl sites for hydroxylation is 2. The molecule has 1 saturated heterocycles. The van der Waals surface area contributed by atoms with Crippen LogP contribution in [0.2, 0.25) is 5.02 Å². The molecule has 4 heteroatoms. The average Bonchev–Trinajstić information content (AvgIpc) is 3.22. The minimum atomic E-state index is 0.560. The van der Waals surface area contributed by atoms with E-state index in [1.807, 2.05) is 0 Å². The van der Waals surface area contributed by atoms with Crippen molar-refractivity contribution in [3.05, 3.63) is 64.4 Å². The van der Waals surface area contributed by atoms with Gasteiger partial charge in [-0.25, -0.2) is 4.98 Å². The largest absolute Gasteiger partial charge is 0.329 e. The zero-order chi connectivity index (χ0) is 16.8. The van der Waals surface area contributed by atoms with Gasteiger partial charge in [0.2, 0.25) is 0 Å². The number of aromatic nitrogens is 2. The Morgan fingerprint density at radius 3 is 2.92 bits per heavy atom. The number of hydrogen-bond acceptors (Lipinski definition) is 2. The van der Waals surface area contributed by atoms with Gasteiger partial charge in [-0.2, -0.15) is 0 Å². The van der Waals surface area contributed by atoms with Crippen molar-refractivity contribution in [2.75, 3.05) is 13.1 Å². The third-order valence-electron chi connectivity index (χ3n) is 5.82. The molecule has 2 aliphatic heterocycles. The summed E-state index contributed by atoms with van der Waals surface area (Å²) in [5, 5.41) is 2.01. The van der Waals surface area contributed by atoms with Crippen LogP contribution in [-0.2, 0) is 19.4 Å². The first kappa shape index (κ1) is 15.4. The van der Waals surface area contributed by atoms with E-state index in [1.54, 1.807) is 6.20 Å². The zero-order valence-corrected chi connectivity index (χ0v) is 15.0. The molecule has 0 N–H and O–H groups in total. The number of pyridine rings is 1. The van der Waals surface area contributed by atoms with E-state index in [9.17, 15) is 0 Å². The molecular formula is C21H22ClN3. The molecule has 1 aromatic carbocycles. The van der Waals surface area contributed by atoms with Crippen LogP contribution in [0.4, 0.5) is 0 Å². The first-order valence-corrected chi connectivity index (χ1v) is 9.63. The van der Waals surface area contributed by atoms with Crippen molar-refractivity contribution in [1.82, 2.24) is 14.5 Å². The van der Waals surface area contributed by atoms with Gasteiger partial charge < -0.3 is 4.57 Å². The summed E-state index contributed by atoms with van der Waals surface area (Å²) in [5.74, 6) is 0. The molecule has 0 saturated carbocycles. The van der Waals surface area contributed by atoms with E-state index >= 15 is 0 Å². The van der Waals surface area contributed by atoms with Crippen LogP contribution in [0.15, 0.2) is 42.6 Å². The number of fused-ring (bicyclic) bond motifs is 5. The lowest BCUT2D eigenvalue weighted by molar-refractivity contribution is 0.242. The molecule has 0 radical (unpaired) electrons. The number of nitrogens with zero attached hydrogens (tertiary/aromatic N) is 3. The van der Waals surface area contributed by atoms with Crippen LogP contribution >= 0.6 is 11.6 Å². The predicted octanol–water partition coefficient (Wildman–Crippen LogP) is 4.63. The monoisotopic (exact) mass is 351 g/mol. The highest BCUT2D eigenvalue weighted by Gasteiger charge is 2.35. The van der Waals surface area contributed by atoms with Crippen molar-refractivity contribution in [1.29, 1.82) is 0 Å². The summed E-state index contributed by atoms with van der Waals surface area (Å²) in [7, 11) is 0. The normalized spacial score (nSPS) is 20.0. The molecule has 0 aliphatic carbocycles. The van der Waals surface area contributed by atoms with E-state index in [4.69, 9.17) is 16.6 Å². The van der Waals surface area contributed by atoms with Crippen LogP contribution in [0.5, 0.6) is 0 Å². The molecule has 1 atom stereocenters. The number of halogens is 1. The summed E-state index contributed by atoms with van der Waals surface area (Å²) in [6.45, 7) is 3.39. The van der Waals surface area contributed by atoms with Gasteiger partial charge in [0.1, 0.15) is 5.65 Å². The molecule has 25 heavy (non-hydrogen) atoms. The highest BCUT2D eigenvalue weighted by molar-refractivity contribution is 6.31. The quantitative estimate of drug-likeness (QED) is 0.686. The van der Waals surface area contributed by atoms with Crippen molar-refractivity contribution in [2.24, 2.45) is 0 Å². The van der Waals surface area contributed by atoms with Gasteiger partial charge in [0.25, 0.3) is 0 Å². The highest BCUT2D eigenvalue weighted by atomic mass is 35.5. The van der Waals surface area contributed by atoms with Crippen LogP contribution in [0.1, 0.15) is 35.7 Å². The average molecular weight is 352 g/mol. The number of rotatable bonds is 3. The predicted molar refractivity (Wildman–Crippen MR) is 102 cm³/mol. The van der Waals surface area contributed by atoms with Crippen molar-refractivity contribution in [3.8, 4) is 0 Å². The molecule has 5 rings (SSSR count). The van der Waals surface area contributed by atoms with Gasteiger partial charge in [-0.1, -0.05) is 41.9 Å². The van der Waals surface area contributed by atoms with Crippen molar-refractivity contribution in [3.63, 3.8) is 0 Å². The Morgan fingerprint density at radius 1 is 1.16 bits per heavy atom. The third-order valence-corrected chi connectivity index (χ3v) is 6.02. The van der Waals surface area contributed by atoms with E-state index in [1.165, 1.54) is 48.1 Å². The molecule has 0 bridgehead atoms. The second-order valence-electron chi connectivity index (χ2n) is 7.22. The Balaban J connectivity index is 1.61. The first-order chi connectivity index (χ1) is 12.3. The number of hydrogen-bond donors (Lipinski definition) is 0. The van der Waals surface area contributed by atoms with Crippen molar-refractivity contribution >= 4 is 22.6 Å². The second-order valence-corrected chi connectivity index (χ2v) is 7.65. The second kappa shape index (κ2) is 6.15. The molecule has 1 unspecified atom stereocenters. The summed E-state index contributed by atoms with van der Waals surface area (Å²) in [6.07, 6.45) is 6.51. The van der Waals surface area contributed by atoms with Crippen LogP contribution in [0, 0.1) is 0 Å². The fraction of sp³-hybridized carbons (Fsp3) is 0.381. The molecule has 4 heterocycles. The lowest BCUT2D eigenvalue weighted by atomic mass is 9.96. The summed E-state index contributed by atoms with van der Waals surface area (Å²) in [6, 6.07) is 13.4. The Labute approximate surface area is 153 Å². The Kier molecular flexibility index (Phi) is 3.79. The van der Waals surface area contributed by atoms with E-state index in [-0.39, 0.29) is 0 Å². The van der Waals surface area contributed by atoms with Crippen molar-refractivity contribution < 1.29 is 0 Å². The minimum absolute atomic E-state index is 0.560. The van der Waals surface area contributed by atoms with Gasteiger partial charge in [-0.3, -0.25) is 4.90 Å². The molecular weight excluding hydrogens is 330 g/mol. The van der Waals surface area contributed by atoms with Gasteiger partial charge >= 0.3 is 0 Å². The van der Waals surface area contributed by atoms with Gasteiger partial charge in [0.05, 0.1) is 5.02 Å². The highest BCUT2D eigenvalue weighted by Crippen LogP contribution is 2.43. The lowest BCUT2D eigenvalue weighted by Crippen LogP contribution is -2.31. The maximum atomic E-state index is 6.30. The first-order valence-electron chi connectivity index (χ1n) is 9.26. The minimum Gasteiger partial charge on any atom is -0.329 e. The topological polar surface area (TPSA) is 21.1 Å². The molecule has 3 nitrogen and oxygen atoms in total. The molecule has 3 aromatic rings. The van der Waals surface area contributed by atoms with E-state index < -0.39 is 0 Å². The van der Waals surface area contributed by atoms with Gasteiger partial charge in [-0.15, -0.1) is 0 Å². The third kappa shape index (κ3) is 2.57. The SMILES string of the molecule is Clc1cnc2c(c1)c1c(n2CCc2ccccc2)CCN2CCCC12. The molecule has 128 valence electrons. The Hall–Kier alpha value is -1.84. The summed E-state index contributed by atoms with van der Waals surface area (Å²) in [4.78, 5) is 7.37. The Morgan fingerprint density at radius 2 is 2.04 bits per heavy atom. The number of benzene rings is 1. The molecule has 2 aromatic heterocycles. The molecule has 0 amide bonds. The fourth-order valence-electron chi connectivity index (χ4n) is 4.71. The smallest absolute Gasteiger partial charge is 0.140 e. The van der Waals surface area contributed by atoms with Gasteiger partial charge in [0.15, 0.2) is 0 Å². The van der Waals surface area contributed by atoms with Crippen LogP contribution < -0.4 is 0 Å². The lowest BCUT2D eigenvalue weighted by Gasteiger charge is -2.30. The van der Waals surface area contributed by atoms with Gasteiger partial charge in [-0.05, 0) is 43.0 Å². The summed E-state index contributed by atoms with van der Waals surface area (Å²) >= 11 is 6.30. The zero-order valence-electron chi connectivity index (χ0n) is 14.3. The van der Waals surface area contributed by atoms with E-state index in [2.05, 4.69) is 45.9 Å². The van der Waals surface area contributed by atoms with Crippen LogP contribution in [-0.4, -0.2) is 27.5 Å².